The molecule has 1 fully saturated rings. The standard InChI is InChI=1S/C20H31N.C5H8.C4H8.C2H6/c1-15-8-10-20(11-9-15)19(5)18(4)14-21-12-16(2)6-7-17(3)13-21;1-3-5-4-2;1-4(2)3;1-2/h8-11,16-17H,6-7,12-14H2,1-5H3;3-5H,1H2,2H3;1H2,2-3H3;1-2H3/b19-18-;5-4-;;. The van der Waals surface area contributed by atoms with Crippen LogP contribution in [0.1, 0.15) is 86.3 Å². The van der Waals surface area contributed by atoms with Crippen molar-refractivity contribution >= 4 is 5.57 Å². The van der Waals surface area contributed by atoms with E-state index in [1.807, 2.05) is 46.8 Å². The summed E-state index contributed by atoms with van der Waals surface area (Å²) in [7, 11) is 0. The van der Waals surface area contributed by atoms with E-state index < -0.39 is 0 Å². The molecule has 2 rings (SSSR count). The Kier molecular flexibility index (Phi) is 20.0. The average Bonchev–Trinajstić information content (AvgIpc) is 2.90. The van der Waals surface area contributed by atoms with Gasteiger partial charge in [0.2, 0.25) is 0 Å². The Morgan fingerprint density at radius 2 is 1.41 bits per heavy atom. The molecule has 1 heteroatoms. The molecule has 1 aromatic rings. The molecule has 1 aliphatic rings. The molecule has 1 nitrogen and oxygen atoms in total. The second-order valence-corrected chi connectivity index (χ2v) is 9.22. The first kappa shape index (κ1) is 32.3. The molecule has 1 aliphatic heterocycles. The molecular formula is C31H53N. The fourth-order valence-electron chi connectivity index (χ4n) is 3.48. The lowest BCUT2D eigenvalue weighted by Crippen LogP contribution is -2.31. The van der Waals surface area contributed by atoms with Crippen molar-refractivity contribution in [2.75, 3.05) is 19.6 Å². The van der Waals surface area contributed by atoms with Crippen LogP contribution in [0.15, 0.2) is 66.8 Å². The Morgan fingerprint density at radius 3 is 1.75 bits per heavy atom. The molecule has 0 amide bonds. The third-order valence-corrected chi connectivity index (χ3v) is 5.21. The predicted molar refractivity (Wildman–Crippen MR) is 150 cm³/mol. The van der Waals surface area contributed by atoms with Crippen molar-refractivity contribution in [2.24, 2.45) is 11.8 Å². The van der Waals surface area contributed by atoms with Crippen LogP contribution >= 0.6 is 0 Å². The van der Waals surface area contributed by atoms with Gasteiger partial charge in [0.05, 0.1) is 0 Å². The molecule has 0 N–H and O–H groups in total. The van der Waals surface area contributed by atoms with E-state index in [1.165, 1.54) is 53.8 Å². The number of benzene rings is 1. The van der Waals surface area contributed by atoms with Crippen molar-refractivity contribution in [1.29, 1.82) is 0 Å². The van der Waals surface area contributed by atoms with Crippen molar-refractivity contribution < 1.29 is 0 Å². The van der Waals surface area contributed by atoms with Gasteiger partial charge in [0.25, 0.3) is 0 Å². The smallest absolute Gasteiger partial charge is 0.0196 e. The van der Waals surface area contributed by atoms with E-state index >= 15 is 0 Å². The molecule has 0 bridgehead atoms. The third-order valence-electron chi connectivity index (χ3n) is 5.21. The molecule has 32 heavy (non-hydrogen) atoms. The summed E-state index contributed by atoms with van der Waals surface area (Å²) in [4.78, 5) is 2.66. The molecule has 0 aliphatic carbocycles. The summed E-state index contributed by atoms with van der Waals surface area (Å²) in [5.41, 5.74) is 6.83. The molecule has 0 spiro atoms. The molecule has 1 aromatic carbocycles. The van der Waals surface area contributed by atoms with Crippen LogP contribution in [0.4, 0.5) is 0 Å². The minimum absolute atomic E-state index is 0.836. The second kappa shape index (κ2) is 19.8. The summed E-state index contributed by atoms with van der Waals surface area (Å²) >= 11 is 0. The highest BCUT2D eigenvalue weighted by atomic mass is 15.1. The molecule has 2 unspecified atom stereocenters. The first-order valence-corrected chi connectivity index (χ1v) is 12.4. The third kappa shape index (κ3) is 16.8. The molecule has 0 radical (unpaired) electrons. The van der Waals surface area contributed by atoms with Crippen molar-refractivity contribution in [3.8, 4) is 0 Å². The predicted octanol–water partition coefficient (Wildman–Crippen LogP) is 9.51. The highest BCUT2D eigenvalue weighted by Crippen LogP contribution is 2.23. The largest absolute Gasteiger partial charge is 0.299 e. The Hall–Kier alpha value is -1.86. The van der Waals surface area contributed by atoms with E-state index in [-0.39, 0.29) is 0 Å². The minimum atomic E-state index is 0.836. The lowest BCUT2D eigenvalue weighted by Gasteiger charge is -2.25. The SMILES string of the molecule is C/C(CN1CC(C)CCC(C)C1)=C(\C)c1ccc(C)cc1.C=C(C)C.C=C/C=C\C.CC. The fraction of sp³-hybridized carbons (Fsp3) is 0.548. The van der Waals surface area contributed by atoms with Gasteiger partial charge in [-0.15, -0.1) is 6.58 Å². The zero-order valence-electron chi connectivity index (χ0n) is 23.1. The maximum atomic E-state index is 3.56. The molecule has 0 saturated carbocycles. The normalized spacial score (nSPS) is 19.1. The highest BCUT2D eigenvalue weighted by Gasteiger charge is 2.19. The van der Waals surface area contributed by atoms with Gasteiger partial charge in [-0.1, -0.05) is 93.5 Å². The lowest BCUT2D eigenvalue weighted by molar-refractivity contribution is 0.256. The van der Waals surface area contributed by atoms with Crippen molar-refractivity contribution in [3.63, 3.8) is 0 Å². The van der Waals surface area contributed by atoms with Crippen molar-refractivity contribution in [1.82, 2.24) is 4.90 Å². The van der Waals surface area contributed by atoms with E-state index in [1.54, 1.807) is 6.08 Å². The summed E-state index contributed by atoms with van der Waals surface area (Å²) in [6, 6.07) is 8.92. The molecule has 1 saturated heterocycles. The van der Waals surface area contributed by atoms with Crippen LogP contribution in [0.3, 0.4) is 0 Å². The summed E-state index contributed by atoms with van der Waals surface area (Å²) in [5, 5.41) is 0. The molecule has 2 atom stereocenters. The maximum absolute atomic E-state index is 3.56. The maximum Gasteiger partial charge on any atom is 0.0196 e. The van der Waals surface area contributed by atoms with Gasteiger partial charge >= 0.3 is 0 Å². The van der Waals surface area contributed by atoms with Crippen LogP contribution in [-0.2, 0) is 0 Å². The van der Waals surface area contributed by atoms with Gasteiger partial charge in [0.1, 0.15) is 0 Å². The van der Waals surface area contributed by atoms with Crippen LogP contribution in [0.2, 0.25) is 0 Å². The number of hydrogen-bond acceptors (Lipinski definition) is 1. The van der Waals surface area contributed by atoms with Crippen molar-refractivity contribution in [3.05, 3.63) is 77.9 Å². The molecule has 182 valence electrons. The van der Waals surface area contributed by atoms with Crippen molar-refractivity contribution in [2.45, 2.75) is 82.1 Å². The fourth-order valence-corrected chi connectivity index (χ4v) is 3.48. The topological polar surface area (TPSA) is 3.24 Å². The number of aryl methyl sites for hydroxylation is 1. The first-order valence-electron chi connectivity index (χ1n) is 12.4. The Balaban J connectivity index is 0. The van der Waals surface area contributed by atoms with E-state index in [0.717, 1.165) is 18.4 Å². The first-order chi connectivity index (χ1) is 15.1. The van der Waals surface area contributed by atoms with Gasteiger partial charge in [0.15, 0.2) is 0 Å². The van der Waals surface area contributed by atoms with Crippen LogP contribution in [0.5, 0.6) is 0 Å². The van der Waals surface area contributed by atoms with E-state index in [0.29, 0.717) is 0 Å². The molecule has 0 aromatic heterocycles. The monoisotopic (exact) mass is 439 g/mol. The Bertz CT molecular complexity index is 659. The second-order valence-electron chi connectivity index (χ2n) is 9.22. The van der Waals surface area contributed by atoms with Gasteiger partial charge in [-0.3, -0.25) is 4.90 Å². The van der Waals surface area contributed by atoms with E-state index in [4.69, 9.17) is 0 Å². The number of rotatable bonds is 4. The summed E-state index contributed by atoms with van der Waals surface area (Å²) < 4.78 is 0. The number of nitrogens with zero attached hydrogens (tertiary/aromatic N) is 1. The average molecular weight is 440 g/mol. The number of allylic oxidation sites excluding steroid dienone is 5. The van der Waals surface area contributed by atoms with Gasteiger partial charge in [-0.2, -0.15) is 0 Å². The van der Waals surface area contributed by atoms with Gasteiger partial charge in [-0.25, -0.2) is 0 Å². The quantitative estimate of drug-likeness (QED) is 0.333. The van der Waals surface area contributed by atoms with Crippen LogP contribution < -0.4 is 0 Å². The van der Waals surface area contributed by atoms with E-state index in [9.17, 15) is 0 Å². The van der Waals surface area contributed by atoms with E-state index in [2.05, 4.69) is 76.9 Å². The molecular weight excluding hydrogens is 386 g/mol. The minimum Gasteiger partial charge on any atom is -0.299 e. The van der Waals surface area contributed by atoms with Crippen LogP contribution in [-0.4, -0.2) is 24.5 Å². The van der Waals surface area contributed by atoms with Gasteiger partial charge in [-0.05, 0) is 77.4 Å². The lowest BCUT2D eigenvalue weighted by atomic mass is 10.0. The summed E-state index contributed by atoms with van der Waals surface area (Å²) in [6.45, 7) is 32.1. The van der Waals surface area contributed by atoms with Crippen LogP contribution in [0, 0.1) is 18.8 Å². The zero-order valence-corrected chi connectivity index (χ0v) is 23.1. The van der Waals surface area contributed by atoms with Gasteiger partial charge in [0, 0.05) is 19.6 Å². The Morgan fingerprint density at radius 1 is 0.969 bits per heavy atom. The number of likely N-dealkylation sites (tertiary alicyclic amines) is 1. The number of hydrogen-bond donors (Lipinski definition) is 0. The van der Waals surface area contributed by atoms with Crippen LogP contribution in [0.25, 0.3) is 5.57 Å². The zero-order chi connectivity index (χ0) is 25.1. The van der Waals surface area contributed by atoms with Gasteiger partial charge < -0.3 is 0 Å². The Labute approximate surface area is 202 Å². The summed E-state index contributed by atoms with van der Waals surface area (Å²) in [6.07, 6.45) is 8.35. The summed E-state index contributed by atoms with van der Waals surface area (Å²) in [5.74, 6) is 1.67. The molecule has 1 heterocycles. The highest BCUT2D eigenvalue weighted by molar-refractivity contribution is 5.67.